The number of ether oxygens (including phenoxy) is 1. The van der Waals surface area contributed by atoms with Gasteiger partial charge in [-0.2, -0.15) is 4.52 Å². The summed E-state index contributed by atoms with van der Waals surface area (Å²) < 4.78 is 23.2. The van der Waals surface area contributed by atoms with Crippen molar-refractivity contribution in [2.24, 2.45) is 0 Å². The van der Waals surface area contributed by atoms with Crippen LogP contribution in [0.5, 0.6) is 0 Å². The standard InChI is InChI=1S/C6H10O6P/c1-10-5(7)3-4-6(8)12-13(9)11-2/h3-4H2,1-2H3/q+1. The molecule has 74 valence electrons. The maximum absolute atomic E-state index is 10.7. The number of hydrogen-bond donors (Lipinski definition) is 0. The Hall–Kier alpha value is -1.00. The van der Waals surface area contributed by atoms with Crippen LogP contribution in [0, 0.1) is 0 Å². The van der Waals surface area contributed by atoms with Crippen LogP contribution in [-0.2, 0) is 27.9 Å². The van der Waals surface area contributed by atoms with Crippen molar-refractivity contribution in [3.05, 3.63) is 0 Å². The van der Waals surface area contributed by atoms with E-state index in [0.717, 1.165) is 7.11 Å². The molecule has 0 aliphatic heterocycles. The number of carbonyl (C=O) groups excluding carboxylic acids is 2. The molecule has 0 aromatic carbocycles. The molecule has 0 radical (unpaired) electrons. The van der Waals surface area contributed by atoms with Crippen LogP contribution in [0.25, 0.3) is 0 Å². The lowest BCUT2D eigenvalue weighted by Crippen LogP contribution is -2.06. The van der Waals surface area contributed by atoms with Crippen LogP contribution >= 0.6 is 8.25 Å². The average molecular weight is 209 g/mol. The largest absolute Gasteiger partial charge is 0.752 e. The van der Waals surface area contributed by atoms with E-state index in [1.165, 1.54) is 7.11 Å². The Morgan fingerprint density at radius 3 is 2.15 bits per heavy atom. The maximum Gasteiger partial charge on any atom is 0.752 e. The van der Waals surface area contributed by atoms with Crippen molar-refractivity contribution in [2.75, 3.05) is 14.2 Å². The lowest BCUT2D eigenvalue weighted by molar-refractivity contribution is -0.144. The van der Waals surface area contributed by atoms with Gasteiger partial charge in [-0.05, 0) is 0 Å². The van der Waals surface area contributed by atoms with Gasteiger partial charge in [0.2, 0.25) is 0 Å². The molecular weight excluding hydrogens is 199 g/mol. The van der Waals surface area contributed by atoms with Crippen LogP contribution in [0.1, 0.15) is 12.8 Å². The Balaban J connectivity index is 3.63. The number of methoxy groups -OCH3 is 1. The second-order valence-electron chi connectivity index (χ2n) is 1.95. The Morgan fingerprint density at radius 2 is 1.69 bits per heavy atom. The minimum absolute atomic E-state index is 0.0950. The highest BCUT2D eigenvalue weighted by atomic mass is 31.1. The summed E-state index contributed by atoms with van der Waals surface area (Å²) in [7, 11) is -0.0478. The lowest BCUT2D eigenvalue weighted by atomic mass is 10.3. The first-order valence-electron chi connectivity index (χ1n) is 3.39. The zero-order valence-electron chi connectivity index (χ0n) is 7.31. The number of rotatable bonds is 5. The highest BCUT2D eigenvalue weighted by Crippen LogP contribution is 2.22. The zero-order valence-corrected chi connectivity index (χ0v) is 8.21. The second-order valence-corrected chi connectivity index (χ2v) is 2.94. The predicted molar refractivity (Wildman–Crippen MR) is 42.0 cm³/mol. The first kappa shape index (κ1) is 12.0. The molecule has 0 heterocycles. The van der Waals surface area contributed by atoms with Gasteiger partial charge in [0.25, 0.3) is 0 Å². The molecule has 13 heavy (non-hydrogen) atoms. The van der Waals surface area contributed by atoms with Gasteiger partial charge in [-0.25, -0.2) is 4.79 Å². The molecular formula is C6H10O6P+. The highest BCUT2D eigenvalue weighted by Gasteiger charge is 2.24. The molecule has 7 heteroatoms. The highest BCUT2D eigenvalue weighted by molar-refractivity contribution is 7.34. The molecule has 1 unspecified atom stereocenters. The van der Waals surface area contributed by atoms with Gasteiger partial charge in [0.1, 0.15) is 0 Å². The topological polar surface area (TPSA) is 78.9 Å². The van der Waals surface area contributed by atoms with Crippen LogP contribution < -0.4 is 0 Å². The molecule has 0 saturated heterocycles. The van der Waals surface area contributed by atoms with Crippen LogP contribution in [0.2, 0.25) is 0 Å². The molecule has 0 aromatic heterocycles. The van der Waals surface area contributed by atoms with E-state index in [1.54, 1.807) is 0 Å². The monoisotopic (exact) mass is 209 g/mol. The van der Waals surface area contributed by atoms with E-state index in [-0.39, 0.29) is 12.8 Å². The summed E-state index contributed by atoms with van der Waals surface area (Å²) in [6.45, 7) is 0. The van der Waals surface area contributed by atoms with E-state index < -0.39 is 20.2 Å². The fourth-order valence-corrected chi connectivity index (χ4v) is 0.804. The fraction of sp³-hybridized carbons (Fsp3) is 0.667. The van der Waals surface area contributed by atoms with E-state index in [0.29, 0.717) is 0 Å². The third-order valence-corrected chi connectivity index (χ3v) is 1.74. The van der Waals surface area contributed by atoms with Gasteiger partial charge in [0, 0.05) is 4.57 Å². The minimum Gasteiger partial charge on any atom is -0.469 e. The minimum atomic E-state index is -2.40. The van der Waals surface area contributed by atoms with E-state index in [9.17, 15) is 14.2 Å². The van der Waals surface area contributed by atoms with Crippen LogP contribution in [0.4, 0.5) is 0 Å². The molecule has 1 atom stereocenters. The molecule has 0 bridgehead atoms. The van der Waals surface area contributed by atoms with Crippen molar-refractivity contribution in [1.29, 1.82) is 0 Å². The maximum atomic E-state index is 10.7. The molecule has 6 nitrogen and oxygen atoms in total. The van der Waals surface area contributed by atoms with E-state index in [4.69, 9.17) is 0 Å². The SMILES string of the molecule is COC(=O)CCC(=O)O[P+](=O)OC. The molecule has 0 spiro atoms. The van der Waals surface area contributed by atoms with E-state index >= 15 is 0 Å². The van der Waals surface area contributed by atoms with Gasteiger partial charge < -0.3 is 4.74 Å². The summed E-state index contributed by atoms with van der Waals surface area (Å²) in [5.74, 6) is -1.28. The predicted octanol–water partition coefficient (Wildman–Crippen LogP) is 0.787. The molecule has 0 amide bonds. The summed E-state index contributed by atoms with van der Waals surface area (Å²) in [6.07, 6.45) is -0.265. The summed E-state index contributed by atoms with van der Waals surface area (Å²) in [5.41, 5.74) is 0. The lowest BCUT2D eigenvalue weighted by Gasteiger charge is -1.93. The summed E-state index contributed by atoms with van der Waals surface area (Å²) in [4.78, 5) is 21.3. The fourth-order valence-electron chi connectivity index (χ4n) is 0.472. The van der Waals surface area contributed by atoms with E-state index in [2.05, 4.69) is 13.8 Å². The van der Waals surface area contributed by atoms with Gasteiger partial charge in [0.15, 0.2) is 0 Å². The molecule has 0 aromatic rings. The molecule has 0 aliphatic rings. The second kappa shape index (κ2) is 6.51. The first-order valence-corrected chi connectivity index (χ1v) is 4.48. The molecule has 0 saturated carbocycles. The number of esters is 1. The Bertz CT molecular complexity index is 213. The van der Waals surface area contributed by atoms with Crippen molar-refractivity contribution in [3.8, 4) is 0 Å². The van der Waals surface area contributed by atoms with Gasteiger partial charge in [-0.1, -0.05) is 0 Å². The van der Waals surface area contributed by atoms with Crippen molar-refractivity contribution < 1.29 is 27.9 Å². The first-order chi connectivity index (χ1) is 6.10. The Kier molecular flexibility index (Phi) is 6.01. The van der Waals surface area contributed by atoms with Gasteiger partial charge in [-0.15, -0.1) is 4.52 Å². The van der Waals surface area contributed by atoms with Crippen LogP contribution in [-0.4, -0.2) is 26.2 Å². The Labute approximate surface area is 76.1 Å². The van der Waals surface area contributed by atoms with Crippen LogP contribution in [0.3, 0.4) is 0 Å². The third kappa shape index (κ3) is 6.19. The van der Waals surface area contributed by atoms with Gasteiger partial charge >= 0.3 is 20.2 Å². The van der Waals surface area contributed by atoms with Crippen molar-refractivity contribution in [2.45, 2.75) is 12.8 Å². The van der Waals surface area contributed by atoms with Crippen LogP contribution in [0.15, 0.2) is 0 Å². The zero-order chi connectivity index (χ0) is 10.3. The average Bonchev–Trinajstić information content (AvgIpc) is 2.13. The molecule has 0 aliphatic carbocycles. The molecule has 0 rings (SSSR count). The van der Waals surface area contributed by atoms with Gasteiger partial charge in [0.05, 0.1) is 27.1 Å². The smallest absolute Gasteiger partial charge is 0.469 e. The number of carbonyl (C=O) groups is 2. The van der Waals surface area contributed by atoms with Gasteiger partial charge in [-0.3, -0.25) is 4.79 Å². The quantitative estimate of drug-likeness (QED) is 0.491. The number of hydrogen-bond acceptors (Lipinski definition) is 6. The molecule has 0 fully saturated rings. The third-order valence-electron chi connectivity index (χ3n) is 1.09. The van der Waals surface area contributed by atoms with Crippen molar-refractivity contribution in [3.63, 3.8) is 0 Å². The normalized spacial score (nSPS) is 10.5. The van der Waals surface area contributed by atoms with E-state index in [1.807, 2.05) is 0 Å². The summed E-state index contributed by atoms with van der Waals surface area (Å²) in [6, 6.07) is 0. The van der Waals surface area contributed by atoms with Crippen molar-refractivity contribution >= 4 is 20.2 Å². The summed E-state index contributed by atoms with van der Waals surface area (Å²) in [5, 5.41) is 0. The van der Waals surface area contributed by atoms with Crippen molar-refractivity contribution in [1.82, 2.24) is 0 Å². The molecule has 0 N–H and O–H groups in total. The summed E-state index contributed by atoms with van der Waals surface area (Å²) >= 11 is 0. The Morgan fingerprint density at radius 1 is 1.15 bits per heavy atom.